The number of thiazole rings is 1. The zero-order chi connectivity index (χ0) is 14.8. The first-order valence-corrected chi connectivity index (χ1v) is 8.26. The second-order valence-corrected chi connectivity index (χ2v) is 6.83. The molecule has 5 nitrogen and oxygen atoms in total. The second-order valence-electron chi connectivity index (χ2n) is 4.31. The van der Waals surface area contributed by atoms with Crippen LogP contribution in [-0.4, -0.2) is 25.4 Å². The summed E-state index contributed by atoms with van der Waals surface area (Å²) in [5.41, 5.74) is 2.37. The van der Waals surface area contributed by atoms with E-state index in [0.717, 1.165) is 15.7 Å². The summed E-state index contributed by atoms with van der Waals surface area (Å²) in [4.78, 5) is 19.4. The van der Waals surface area contributed by atoms with E-state index >= 15 is 0 Å². The maximum absolute atomic E-state index is 10.6. The lowest BCUT2D eigenvalue weighted by Gasteiger charge is -1.93. The van der Waals surface area contributed by atoms with Crippen LogP contribution in [0.1, 0.15) is 11.4 Å². The predicted molar refractivity (Wildman–Crippen MR) is 83.2 cm³/mol. The molecule has 0 aliphatic carbocycles. The minimum absolute atomic E-state index is 0.0378. The van der Waals surface area contributed by atoms with Gasteiger partial charge in [0.05, 0.1) is 22.8 Å². The average Bonchev–Trinajstić information content (AvgIpc) is 3.01. The Morgan fingerprint density at radius 2 is 2.19 bits per heavy atom. The zero-order valence-electron chi connectivity index (χ0n) is 10.7. The molecule has 0 amide bonds. The molecule has 0 aromatic carbocycles. The van der Waals surface area contributed by atoms with Crippen molar-refractivity contribution in [1.82, 2.24) is 14.4 Å². The number of rotatable bonds is 5. The normalized spacial score (nSPS) is 11.1. The van der Waals surface area contributed by atoms with Crippen LogP contribution in [0.3, 0.4) is 0 Å². The van der Waals surface area contributed by atoms with Crippen LogP contribution in [0.2, 0.25) is 5.02 Å². The van der Waals surface area contributed by atoms with Crippen LogP contribution in [0.4, 0.5) is 0 Å². The molecule has 3 heterocycles. The Kier molecular flexibility index (Phi) is 4.14. The van der Waals surface area contributed by atoms with Crippen molar-refractivity contribution >= 4 is 46.3 Å². The first-order valence-electron chi connectivity index (χ1n) is 6.02. The van der Waals surface area contributed by atoms with Crippen molar-refractivity contribution in [3.63, 3.8) is 0 Å². The lowest BCUT2D eigenvalue weighted by molar-refractivity contribution is -0.136. The second kappa shape index (κ2) is 6.05. The Morgan fingerprint density at radius 1 is 1.33 bits per heavy atom. The van der Waals surface area contributed by atoms with Gasteiger partial charge < -0.3 is 9.51 Å². The predicted octanol–water partition coefficient (Wildman–Crippen LogP) is 3.36. The van der Waals surface area contributed by atoms with Crippen molar-refractivity contribution < 1.29 is 9.90 Å². The number of nitrogens with zero attached hydrogens (tertiary/aromatic N) is 3. The number of carbonyl (C=O) groups is 1. The maximum atomic E-state index is 10.6. The Balaban J connectivity index is 1.68. The van der Waals surface area contributed by atoms with Crippen molar-refractivity contribution in [3.05, 3.63) is 46.3 Å². The van der Waals surface area contributed by atoms with Crippen LogP contribution in [0, 0.1) is 0 Å². The number of pyridine rings is 1. The molecule has 0 radical (unpaired) electrons. The molecule has 1 N–H and O–H groups in total. The minimum atomic E-state index is -0.867. The molecule has 21 heavy (non-hydrogen) atoms. The highest BCUT2D eigenvalue weighted by Gasteiger charge is 2.08. The fourth-order valence-corrected chi connectivity index (χ4v) is 3.71. The molecule has 0 atom stereocenters. The number of thioether (sulfide) groups is 1. The van der Waals surface area contributed by atoms with Gasteiger partial charge in [-0.25, -0.2) is 9.97 Å². The van der Waals surface area contributed by atoms with Gasteiger partial charge in [0.25, 0.3) is 0 Å². The molecule has 3 aromatic heterocycles. The lowest BCUT2D eigenvalue weighted by Crippen LogP contribution is -1.99. The van der Waals surface area contributed by atoms with E-state index in [0.29, 0.717) is 16.5 Å². The van der Waals surface area contributed by atoms with Crippen molar-refractivity contribution in [1.29, 1.82) is 0 Å². The van der Waals surface area contributed by atoms with Gasteiger partial charge in [-0.1, -0.05) is 23.4 Å². The highest BCUT2D eigenvalue weighted by Crippen LogP contribution is 2.26. The zero-order valence-corrected chi connectivity index (χ0v) is 13.1. The van der Waals surface area contributed by atoms with E-state index in [1.165, 1.54) is 11.3 Å². The van der Waals surface area contributed by atoms with E-state index in [9.17, 15) is 4.79 Å². The Bertz CT molecular complexity index is 800. The number of fused-ring (bicyclic) bond motifs is 1. The molecular weight excluding hydrogens is 330 g/mol. The van der Waals surface area contributed by atoms with Gasteiger partial charge in [-0.3, -0.25) is 4.79 Å². The van der Waals surface area contributed by atoms with E-state index in [4.69, 9.17) is 16.7 Å². The Hall–Kier alpha value is -1.57. The summed E-state index contributed by atoms with van der Waals surface area (Å²) in [6.07, 6.45) is 3.70. The van der Waals surface area contributed by atoms with Gasteiger partial charge in [-0.15, -0.1) is 11.3 Å². The van der Waals surface area contributed by atoms with Crippen LogP contribution >= 0.6 is 34.7 Å². The number of halogens is 1. The van der Waals surface area contributed by atoms with Gasteiger partial charge >= 0.3 is 5.97 Å². The van der Waals surface area contributed by atoms with Gasteiger partial charge in [0.2, 0.25) is 0 Å². The average molecular weight is 340 g/mol. The molecule has 0 fully saturated rings. The third-order valence-electron chi connectivity index (χ3n) is 2.67. The standard InChI is InChI=1S/C13H10ClN3O2S2/c14-8-1-2-11-15-10(5-17(11)4-8)7-21-13-16-9(6-20-13)3-12(18)19/h1-2,4-6H,3,7H2,(H,18,19). The van der Waals surface area contributed by atoms with Crippen molar-refractivity contribution in [2.75, 3.05) is 0 Å². The molecule has 0 aliphatic heterocycles. The summed E-state index contributed by atoms with van der Waals surface area (Å²) in [5, 5.41) is 11.2. The van der Waals surface area contributed by atoms with E-state index in [1.807, 2.05) is 22.9 Å². The summed E-state index contributed by atoms with van der Waals surface area (Å²) >= 11 is 8.93. The fraction of sp³-hybridized carbons (Fsp3) is 0.154. The molecule has 108 valence electrons. The largest absolute Gasteiger partial charge is 0.481 e. The van der Waals surface area contributed by atoms with Crippen LogP contribution in [0.15, 0.2) is 34.2 Å². The summed E-state index contributed by atoms with van der Waals surface area (Å²) in [5.74, 6) is -0.187. The van der Waals surface area contributed by atoms with Crippen molar-refractivity contribution in [2.24, 2.45) is 0 Å². The Labute approximate surface area is 133 Å². The van der Waals surface area contributed by atoms with Crippen LogP contribution in [-0.2, 0) is 17.0 Å². The van der Waals surface area contributed by atoms with E-state index in [-0.39, 0.29) is 6.42 Å². The molecule has 0 saturated carbocycles. The number of aliphatic carboxylic acids is 1. The molecule has 8 heteroatoms. The smallest absolute Gasteiger partial charge is 0.309 e. The molecule has 0 bridgehead atoms. The summed E-state index contributed by atoms with van der Waals surface area (Å²) < 4.78 is 2.73. The summed E-state index contributed by atoms with van der Waals surface area (Å²) in [7, 11) is 0. The van der Waals surface area contributed by atoms with Gasteiger partial charge in [0, 0.05) is 23.5 Å². The van der Waals surface area contributed by atoms with Crippen LogP contribution in [0.5, 0.6) is 0 Å². The van der Waals surface area contributed by atoms with E-state index < -0.39 is 5.97 Å². The molecule has 0 saturated heterocycles. The lowest BCUT2D eigenvalue weighted by atomic mass is 10.3. The SMILES string of the molecule is O=C(O)Cc1csc(SCc2cn3cc(Cl)ccc3n2)n1. The summed E-state index contributed by atoms with van der Waals surface area (Å²) in [6.45, 7) is 0. The number of imidazole rings is 1. The van der Waals surface area contributed by atoms with Crippen LogP contribution < -0.4 is 0 Å². The van der Waals surface area contributed by atoms with Gasteiger partial charge in [-0.05, 0) is 12.1 Å². The number of aromatic nitrogens is 3. The highest BCUT2D eigenvalue weighted by molar-refractivity contribution is 8.00. The minimum Gasteiger partial charge on any atom is -0.481 e. The monoisotopic (exact) mass is 339 g/mol. The summed E-state index contributed by atoms with van der Waals surface area (Å²) in [6, 6.07) is 3.67. The molecule has 0 aliphatic rings. The third kappa shape index (κ3) is 3.55. The number of hydrogen-bond donors (Lipinski definition) is 1. The van der Waals surface area contributed by atoms with Crippen molar-refractivity contribution in [2.45, 2.75) is 16.5 Å². The quantitative estimate of drug-likeness (QED) is 0.722. The first-order chi connectivity index (χ1) is 10.1. The van der Waals surface area contributed by atoms with Gasteiger partial charge in [-0.2, -0.15) is 0 Å². The van der Waals surface area contributed by atoms with E-state index in [2.05, 4.69) is 9.97 Å². The first kappa shape index (κ1) is 14.4. The van der Waals surface area contributed by atoms with Crippen molar-refractivity contribution in [3.8, 4) is 0 Å². The molecule has 3 rings (SSSR count). The topological polar surface area (TPSA) is 67.5 Å². The number of carboxylic acids is 1. The molecule has 0 unspecified atom stereocenters. The van der Waals surface area contributed by atoms with Gasteiger partial charge in [0.1, 0.15) is 5.65 Å². The van der Waals surface area contributed by atoms with Crippen LogP contribution in [0.25, 0.3) is 5.65 Å². The molecule has 3 aromatic rings. The Morgan fingerprint density at radius 3 is 3.00 bits per heavy atom. The van der Waals surface area contributed by atoms with Gasteiger partial charge in [0.15, 0.2) is 4.34 Å². The third-order valence-corrected chi connectivity index (χ3v) is 5.00. The molecular formula is C13H10ClN3O2S2. The number of carboxylic acid groups (broad SMARTS) is 1. The fourth-order valence-electron chi connectivity index (χ4n) is 1.81. The number of hydrogen-bond acceptors (Lipinski definition) is 5. The van der Waals surface area contributed by atoms with E-state index in [1.54, 1.807) is 23.2 Å². The molecule has 0 spiro atoms. The highest BCUT2D eigenvalue weighted by atomic mass is 35.5. The maximum Gasteiger partial charge on any atom is 0.309 e.